The molecule has 1 N–H and O–H groups in total. The number of hydrogen-bond acceptors (Lipinski definition) is 5. The van der Waals surface area contributed by atoms with Crippen LogP contribution in [0.2, 0.25) is 0 Å². The monoisotopic (exact) mass is 571 g/mol. The highest BCUT2D eigenvalue weighted by molar-refractivity contribution is 8.02. The molecule has 6 atom stereocenters. The number of anilines is 1. The van der Waals surface area contributed by atoms with E-state index in [0.29, 0.717) is 19.5 Å². The Bertz CT molecular complexity index is 1400. The first kappa shape index (κ1) is 27.8. The van der Waals surface area contributed by atoms with Crippen molar-refractivity contribution >= 4 is 35.2 Å². The van der Waals surface area contributed by atoms with Crippen LogP contribution in [0.25, 0.3) is 0 Å². The van der Waals surface area contributed by atoms with E-state index in [9.17, 15) is 19.5 Å². The Balaban J connectivity index is 1.49. The number of carbonyl (C=O) groups is 3. The van der Waals surface area contributed by atoms with Gasteiger partial charge >= 0.3 is 0 Å². The number of carbonyl (C=O) groups excluding carboxylic acids is 3. The summed E-state index contributed by atoms with van der Waals surface area (Å²) >= 11 is 1.57. The second-order valence-corrected chi connectivity index (χ2v) is 13.7. The van der Waals surface area contributed by atoms with Gasteiger partial charge in [-0.3, -0.25) is 14.4 Å². The van der Waals surface area contributed by atoms with Gasteiger partial charge in [0.05, 0.1) is 29.2 Å². The second kappa shape index (κ2) is 10.5. The number of hydrogen-bond donors (Lipinski definition) is 1. The molecule has 1 unspecified atom stereocenters. The molecule has 41 heavy (non-hydrogen) atoms. The number of para-hydroxylation sites is 1. The number of rotatable bonds is 6. The van der Waals surface area contributed by atoms with Crippen molar-refractivity contribution in [3.8, 4) is 0 Å². The number of nitrogens with zero attached hydrogens (tertiary/aromatic N) is 3. The average Bonchev–Trinajstić information content (AvgIpc) is 3.23. The molecule has 4 aliphatic heterocycles. The van der Waals surface area contributed by atoms with Gasteiger partial charge in [-0.25, -0.2) is 0 Å². The lowest BCUT2D eigenvalue weighted by molar-refractivity contribution is -0.146. The van der Waals surface area contributed by atoms with Crippen molar-refractivity contribution in [1.29, 1.82) is 0 Å². The zero-order chi connectivity index (χ0) is 28.9. The van der Waals surface area contributed by atoms with E-state index in [1.165, 1.54) is 0 Å². The Kier molecular flexibility index (Phi) is 7.10. The highest BCUT2D eigenvalue weighted by atomic mass is 32.2. The first-order valence-corrected chi connectivity index (χ1v) is 15.2. The molecule has 2 aromatic rings. The lowest BCUT2D eigenvalue weighted by Crippen LogP contribution is -2.58. The Morgan fingerprint density at radius 2 is 1.54 bits per heavy atom. The van der Waals surface area contributed by atoms with Crippen molar-refractivity contribution in [2.45, 2.75) is 54.8 Å². The molecular weight excluding hydrogens is 534 g/mol. The molecule has 0 bridgehead atoms. The third kappa shape index (κ3) is 4.34. The van der Waals surface area contributed by atoms with Crippen LogP contribution in [0.15, 0.2) is 85.0 Å². The van der Waals surface area contributed by atoms with E-state index in [0.717, 1.165) is 11.3 Å². The van der Waals surface area contributed by atoms with Gasteiger partial charge in [-0.1, -0.05) is 72.8 Å². The summed E-state index contributed by atoms with van der Waals surface area (Å²) in [5.41, 5.74) is 1.76. The minimum atomic E-state index is -0.943. The maximum Gasteiger partial charge on any atom is 0.247 e. The summed E-state index contributed by atoms with van der Waals surface area (Å²) in [7, 11) is 0. The molecule has 4 heterocycles. The Labute approximate surface area is 245 Å². The number of aliphatic hydroxyl groups is 1. The Hall–Kier alpha value is -3.36. The zero-order valence-corrected chi connectivity index (χ0v) is 24.5. The minimum absolute atomic E-state index is 0.0671. The van der Waals surface area contributed by atoms with Gasteiger partial charge in [-0.05, 0) is 44.9 Å². The number of likely N-dealkylation sites (tertiary alicyclic amines) is 1. The normalized spacial score (nSPS) is 31.7. The molecule has 3 amide bonds. The van der Waals surface area contributed by atoms with Crippen molar-refractivity contribution in [2.24, 2.45) is 11.8 Å². The van der Waals surface area contributed by atoms with Crippen LogP contribution < -0.4 is 4.90 Å². The topological polar surface area (TPSA) is 81.2 Å². The predicted molar refractivity (Wildman–Crippen MR) is 161 cm³/mol. The fraction of sp³-hybridized carbons (Fsp3) is 0.424. The number of fused-ring (bicyclic) bond motifs is 2. The van der Waals surface area contributed by atoms with E-state index in [1.807, 2.05) is 99.7 Å². The Morgan fingerprint density at radius 1 is 0.878 bits per heavy atom. The molecule has 2 fully saturated rings. The van der Waals surface area contributed by atoms with Crippen LogP contribution in [-0.2, 0) is 20.8 Å². The summed E-state index contributed by atoms with van der Waals surface area (Å²) in [6, 6.07) is 17.8. The lowest BCUT2D eigenvalue weighted by atomic mass is 9.74. The van der Waals surface area contributed by atoms with E-state index < -0.39 is 33.4 Å². The van der Waals surface area contributed by atoms with Gasteiger partial charge in [0.1, 0.15) is 6.04 Å². The smallest absolute Gasteiger partial charge is 0.247 e. The number of thioether (sulfide) groups is 1. The molecule has 0 aliphatic carbocycles. The van der Waals surface area contributed by atoms with Crippen molar-refractivity contribution in [3.05, 3.63) is 90.5 Å². The minimum Gasteiger partial charge on any atom is -0.394 e. The van der Waals surface area contributed by atoms with Gasteiger partial charge in [0.2, 0.25) is 17.7 Å². The molecule has 6 rings (SSSR count). The zero-order valence-electron chi connectivity index (χ0n) is 23.7. The first-order chi connectivity index (χ1) is 19.7. The fourth-order valence-corrected chi connectivity index (χ4v) is 9.46. The van der Waals surface area contributed by atoms with Crippen molar-refractivity contribution in [2.75, 3.05) is 24.6 Å². The van der Waals surface area contributed by atoms with Crippen molar-refractivity contribution in [3.63, 3.8) is 0 Å². The van der Waals surface area contributed by atoms with Crippen LogP contribution in [-0.4, -0.2) is 79.9 Å². The lowest BCUT2D eigenvalue weighted by Gasteiger charge is -2.40. The largest absolute Gasteiger partial charge is 0.394 e. The van der Waals surface area contributed by atoms with Crippen LogP contribution in [0, 0.1) is 11.8 Å². The molecule has 214 valence electrons. The fourth-order valence-electron chi connectivity index (χ4n) is 7.31. The van der Waals surface area contributed by atoms with Crippen molar-refractivity contribution in [1.82, 2.24) is 9.80 Å². The summed E-state index contributed by atoms with van der Waals surface area (Å²) in [5.74, 6) is -1.89. The SMILES string of the molecule is CC(C)N1CC=C[C@]23S[C@@]4(C)C=CCN(c5ccccc5)C(=O)[C@H]4[C@H]2C(=O)N([C@@H](CO)Cc2ccccc2)C3C1=O. The van der Waals surface area contributed by atoms with Gasteiger partial charge in [-0.2, -0.15) is 0 Å². The van der Waals surface area contributed by atoms with E-state index in [2.05, 4.69) is 6.08 Å². The molecule has 1 spiro atoms. The van der Waals surface area contributed by atoms with Crippen LogP contribution in [0.4, 0.5) is 5.69 Å². The predicted octanol–water partition coefficient (Wildman–Crippen LogP) is 3.69. The molecule has 7 nitrogen and oxygen atoms in total. The molecule has 4 aliphatic rings. The molecule has 0 saturated carbocycles. The molecule has 0 aromatic heterocycles. The summed E-state index contributed by atoms with van der Waals surface area (Å²) in [6.45, 7) is 6.56. The number of benzene rings is 2. The first-order valence-electron chi connectivity index (χ1n) is 14.4. The maximum atomic E-state index is 14.8. The van der Waals surface area contributed by atoms with Crippen molar-refractivity contribution < 1.29 is 19.5 Å². The molecule has 0 radical (unpaired) electrons. The molecular formula is C33H37N3O4S. The second-order valence-electron chi connectivity index (χ2n) is 11.9. The van der Waals surface area contributed by atoms with Gasteiger partial charge in [-0.15, -0.1) is 11.8 Å². The maximum absolute atomic E-state index is 14.8. The number of amides is 3. The van der Waals surface area contributed by atoms with E-state index >= 15 is 0 Å². The molecule has 2 aromatic carbocycles. The van der Waals surface area contributed by atoms with Gasteiger partial charge < -0.3 is 19.8 Å². The van der Waals surface area contributed by atoms with Crippen LogP contribution in [0.3, 0.4) is 0 Å². The highest BCUT2D eigenvalue weighted by Crippen LogP contribution is 2.66. The van der Waals surface area contributed by atoms with Crippen LogP contribution >= 0.6 is 11.8 Å². The van der Waals surface area contributed by atoms with Gasteiger partial charge in [0.15, 0.2) is 0 Å². The van der Waals surface area contributed by atoms with Crippen LogP contribution in [0.5, 0.6) is 0 Å². The summed E-state index contributed by atoms with van der Waals surface area (Å²) < 4.78 is -1.63. The van der Waals surface area contributed by atoms with Gasteiger partial charge in [0.25, 0.3) is 0 Å². The average molecular weight is 572 g/mol. The summed E-state index contributed by atoms with van der Waals surface area (Å²) in [5, 5.41) is 10.7. The van der Waals surface area contributed by atoms with Gasteiger partial charge in [0, 0.05) is 29.6 Å². The quantitative estimate of drug-likeness (QED) is 0.535. The number of aliphatic hydroxyl groups excluding tert-OH is 1. The van der Waals surface area contributed by atoms with Crippen LogP contribution in [0.1, 0.15) is 26.3 Å². The summed E-state index contributed by atoms with van der Waals surface area (Å²) in [4.78, 5) is 48.9. The molecule has 8 heteroatoms. The highest BCUT2D eigenvalue weighted by Gasteiger charge is 2.74. The third-order valence-electron chi connectivity index (χ3n) is 9.14. The van der Waals surface area contributed by atoms with E-state index in [1.54, 1.807) is 26.5 Å². The summed E-state index contributed by atoms with van der Waals surface area (Å²) in [6.07, 6.45) is 8.54. The standard InChI is InChI=1S/C33H37N3O4S/c1-22(2)34-18-11-17-33-27(26-29(38)35(24-14-8-5-9-15-24)19-10-16-32(26,3)41-33)30(39)36(28(33)31(34)40)25(21-37)20-23-12-6-4-7-13-23/h4-17,22,25-28,37H,18-21H2,1-3H3/t25-,26-,27+,28?,32+,33+/m1/s1. The molecule has 2 saturated heterocycles. The third-order valence-corrected chi connectivity index (χ3v) is 10.9. The van der Waals surface area contributed by atoms with E-state index in [4.69, 9.17) is 0 Å². The Morgan fingerprint density at radius 3 is 2.20 bits per heavy atom. The van der Waals surface area contributed by atoms with E-state index in [-0.39, 0.29) is 30.4 Å².